The Balaban J connectivity index is 2.06. The van der Waals surface area contributed by atoms with E-state index in [0.717, 1.165) is 23.3 Å². The summed E-state index contributed by atoms with van der Waals surface area (Å²) in [6.07, 6.45) is 1.89. The number of ether oxygens (including phenoxy) is 1. The van der Waals surface area contributed by atoms with Gasteiger partial charge in [-0.25, -0.2) is 4.79 Å². The number of hydrogen-bond donors (Lipinski definition) is 1. The van der Waals surface area contributed by atoms with Crippen molar-refractivity contribution in [3.05, 3.63) is 77.4 Å². The number of carbonyl (C=O) groups is 2. The highest BCUT2D eigenvalue weighted by Crippen LogP contribution is 2.19. The average molecular weight is 296 g/mol. The number of hydrogen-bond acceptors (Lipinski definition) is 3. The number of carbonyl (C=O) groups excluding carboxylic acids is 1. The number of rotatable bonds is 6. The molecule has 4 nitrogen and oxygen atoms in total. The van der Waals surface area contributed by atoms with Crippen LogP contribution >= 0.6 is 0 Å². The molecule has 0 aliphatic heterocycles. The SMILES string of the molecule is Cc1cc(OCc2ccccc2)ccc1C(=O)/C=C/C(=O)O. The van der Waals surface area contributed by atoms with E-state index >= 15 is 0 Å². The molecule has 0 radical (unpaired) electrons. The third-order valence-corrected chi connectivity index (χ3v) is 3.09. The van der Waals surface area contributed by atoms with Gasteiger partial charge >= 0.3 is 5.97 Å². The van der Waals surface area contributed by atoms with Gasteiger partial charge in [-0.1, -0.05) is 30.3 Å². The molecule has 0 spiro atoms. The molecule has 112 valence electrons. The second-order valence-electron chi connectivity index (χ2n) is 4.79. The highest BCUT2D eigenvalue weighted by molar-refractivity contribution is 6.07. The van der Waals surface area contributed by atoms with Crippen LogP contribution in [-0.2, 0) is 11.4 Å². The van der Waals surface area contributed by atoms with Crippen molar-refractivity contribution in [1.82, 2.24) is 0 Å². The summed E-state index contributed by atoms with van der Waals surface area (Å²) >= 11 is 0. The van der Waals surface area contributed by atoms with Crippen molar-refractivity contribution < 1.29 is 19.4 Å². The monoisotopic (exact) mass is 296 g/mol. The summed E-state index contributed by atoms with van der Waals surface area (Å²) in [5, 5.41) is 8.54. The standard InChI is InChI=1S/C18H16O4/c1-13-11-15(22-12-14-5-3-2-4-6-14)7-8-16(13)17(19)9-10-18(20)21/h2-11H,12H2,1H3,(H,20,21)/b10-9+. The predicted octanol–water partition coefficient (Wildman–Crippen LogP) is 3.40. The summed E-state index contributed by atoms with van der Waals surface area (Å²) in [4.78, 5) is 22.3. The molecule has 0 heterocycles. The van der Waals surface area contributed by atoms with Crippen LogP contribution in [0.1, 0.15) is 21.5 Å². The van der Waals surface area contributed by atoms with Gasteiger partial charge in [-0.15, -0.1) is 0 Å². The Kier molecular flexibility index (Phi) is 5.09. The van der Waals surface area contributed by atoms with Crippen molar-refractivity contribution in [3.8, 4) is 5.75 Å². The minimum absolute atomic E-state index is 0.338. The molecule has 0 saturated heterocycles. The normalized spacial score (nSPS) is 10.6. The molecular weight excluding hydrogens is 280 g/mol. The van der Waals surface area contributed by atoms with Gasteiger partial charge in [0.2, 0.25) is 0 Å². The molecule has 0 bridgehead atoms. The Labute approximate surface area is 128 Å². The van der Waals surface area contributed by atoms with Crippen molar-refractivity contribution >= 4 is 11.8 Å². The molecule has 1 N–H and O–H groups in total. The number of aliphatic carboxylic acids is 1. The third-order valence-electron chi connectivity index (χ3n) is 3.09. The maximum absolute atomic E-state index is 11.9. The van der Waals surface area contributed by atoms with Gasteiger partial charge in [0, 0.05) is 11.6 Å². The number of allylic oxidation sites excluding steroid dienone is 1. The minimum atomic E-state index is -1.14. The fourth-order valence-corrected chi connectivity index (χ4v) is 1.98. The number of carboxylic acids is 1. The van der Waals surface area contributed by atoms with Gasteiger partial charge in [-0.3, -0.25) is 4.79 Å². The molecule has 0 unspecified atom stereocenters. The first kappa shape index (κ1) is 15.5. The molecule has 0 saturated carbocycles. The van der Waals surface area contributed by atoms with Crippen LogP contribution in [-0.4, -0.2) is 16.9 Å². The number of aryl methyl sites for hydroxylation is 1. The fourth-order valence-electron chi connectivity index (χ4n) is 1.98. The number of ketones is 1. The van der Waals surface area contributed by atoms with Gasteiger partial charge in [0.15, 0.2) is 5.78 Å². The smallest absolute Gasteiger partial charge is 0.328 e. The van der Waals surface area contributed by atoms with Crippen LogP contribution in [0.4, 0.5) is 0 Å². The van der Waals surface area contributed by atoms with Crippen molar-refractivity contribution in [2.24, 2.45) is 0 Å². The van der Waals surface area contributed by atoms with E-state index in [9.17, 15) is 9.59 Å². The molecule has 0 fully saturated rings. The highest BCUT2D eigenvalue weighted by Gasteiger charge is 2.08. The van der Waals surface area contributed by atoms with Crippen LogP contribution in [0.5, 0.6) is 5.75 Å². The van der Waals surface area contributed by atoms with E-state index in [1.54, 1.807) is 25.1 Å². The van der Waals surface area contributed by atoms with Gasteiger partial charge in [0.1, 0.15) is 12.4 Å². The van der Waals surface area contributed by atoms with Gasteiger partial charge in [0.05, 0.1) is 0 Å². The van der Waals surface area contributed by atoms with Gasteiger partial charge in [-0.05, 0) is 42.3 Å². The summed E-state index contributed by atoms with van der Waals surface area (Å²) in [6, 6.07) is 14.9. The highest BCUT2D eigenvalue weighted by atomic mass is 16.5. The van der Waals surface area contributed by atoms with Crippen molar-refractivity contribution in [2.75, 3.05) is 0 Å². The lowest BCUT2D eigenvalue weighted by molar-refractivity contribution is -0.131. The zero-order chi connectivity index (χ0) is 15.9. The molecule has 2 rings (SSSR count). The summed E-state index contributed by atoms with van der Waals surface area (Å²) in [5.41, 5.74) is 2.26. The zero-order valence-corrected chi connectivity index (χ0v) is 12.2. The van der Waals surface area contributed by atoms with Crippen molar-refractivity contribution in [1.29, 1.82) is 0 Å². The third kappa shape index (κ3) is 4.31. The van der Waals surface area contributed by atoms with Gasteiger partial charge < -0.3 is 9.84 Å². The molecule has 0 atom stereocenters. The fraction of sp³-hybridized carbons (Fsp3) is 0.111. The molecular formula is C18H16O4. The quantitative estimate of drug-likeness (QED) is 0.655. The van der Waals surface area contributed by atoms with E-state index < -0.39 is 5.97 Å². The first-order valence-electron chi connectivity index (χ1n) is 6.79. The van der Waals surface area contributed by atoms with Crippen molar-refractivity contribution in [3.63, 3.8) is 0 Å². The Morgan fingerprint density at radius 2 is 1.82 bits per heavy atom. The first-order valence-corrected chi connectivity index (χ1v) is 6.79. The van der Waals surface area contributed by atoms with Crippen LogP contribution in [0.2, 0.25) is 0 Å². The van der Waals surface area contributed by atoms with Crippen molar-refractivity contribution in [2.45, 2.75) is 13.5 Å². The Hall–Kier alpha value is -2.88. The maximum atomic E-state index is 11.9. The molecule has 0 aliphatic rings. The Morgan fingerprint density at radius 3 is 2.45 bits per heavy atom. The van der Waals surface area contributed by atoms with Gasteiger partial charge in [0.25, 0.3) is 0 Å². The molecule has 2 aromatic rings. The summed E-state index contributed by atoms with van der Waals surface area (Å²) in [5.74, 6) is -0.816. The molecule has 4 heteroatoms. The first-order chi connectivity index (χ1) is 10.6. The minimum Gasteiger partial charge on any atom is -0.489 e. The van der Waals surface area contributed by atoms with E-state index in [-0.39, 0.29) is 5.78 Å². The van der Waals surface area contributed by atoms with Crippen LogP contribution in [0.15, 0.2) is 60.7 Å². The zero-order valence-electron chi connectivity index (χ0n) is 12.2. The topological polar surface area (TPSA) is 63.6 Å². The molecule has 2 aromatic carbocycles. The number of carboxylic acid groups (broad SMARTS) is 1. The van der Waals surface area contributed by atoms with Crippen LogP contribution in [0.25, 0.3) is 0 Å². The van der Waals surface area contributed by atoms with Gasteiger partial charge in [-0.2, -0.15) is 0 Å². The van der Waals surface area contributed by atoms with Crippen LogP contribution < -0.4 is 4.74 Å². The molecule has 0 aliphatic carbocycles. The second-order valence-corrected chi connectivity index (χ2v) is 4.79. The van der Waals surface area contributed by atoms with Crippen LogP contribution in [0.3, 0.4) is 0 Å². The van der Waals surface area contributed by atoms with E-state index in [4.69, 9.17) is 9.84 Å². The second kappa shape index (κ2) is 7.22. The van der Waals surface area contributed by atoms with E-state index in [0.29, 0.717) is 17.9 Å². The summed E-state index contributed by atoms with van der Waals surface area (Å²) < 4.78 is 5.68. The summed E-state index contributed by atoms with van der Waals surface area (Å²) in [7, 11) is 0. The lowest BCUT2D eigenvalue weighted by Gasteiger charge is -2.09. The average Bonchev–Trinajstić information content (AvgIpc) is 2.51. The Bertz CT molecular complexity index is 702. The molecule has 0 aromatic heterocycles. The van der Waals surface area contributed by atoms with E-state index in [1.807, 2.05) is 30.3 Å². The Morgan fingerprint density at radius 1 is 1.09 bits per heavy atom. The molecule has 0 amide bonds. The maximum Gasteiger partial charge on any atom is 0.328 e. The predicted molar refractivity (Wildman–Crippen MR) is 83.1 cm³/mol. The largest absolute Gasteiger partial charge is 0.489 e. The van der Waals surface area contributed by atoms with E-state index in [1.165, 1.54) is 0 Å². The lowest BCUT2D eigenvalue weighted by Crippen LogP contribution is -2.01. The van der Waals surface area contributed by atoms with Crippen LogP contribution in [0, 0.1) is 6.92 Å². The lowest BCUT2D eigenvalue weighted by atomic mass is 10.0. The summed E-state index contributed by atoms with van der Waals surface area (Å²) in [6.45, 7) is 2.24. The van der Waals surface area contributed by atoms with E-state index in [2.05, 4.69) is 0 Å². The molecule has 22 heavy (non-hydrogen) atoms. The number of benzene rings is 2.